The van der Waals surface area contributed by atoms with Crippen LogP contribution >= 0.6 is 11.6 Å². The molecule has 2 nitrogen and oxygen atoms in total. The molecule has 0 unspecified atom stereocenters. The van der Waals surface area contributed by atoms with Crippen molar-refractivity contribution in [3.05, 3.63) is 34.9 Å². The Kier molecular flexibility index (Phi) is 5.26. The van der Waals surface area contributed by atoms with Crippen molar-refractivity contribution in [2.45, 2.75) is 13.5 Å². The van der Waals surface area contributed by atoms with Gasteiger partial charge >= 0.3 is 0 Å². The summed E-state index contributed by atoms with van der Waals surface area (Å²) in [6, 6.07) is 8.06. The van der Waals surface area contributed by atoms with Crippen LogP contribution < -0.4 is 0 Å². The Balaban J connectivity index is 2.48. The molecule has 0 radical (unpaired) electrons. The SMILES string of the molecule is CCOCC[N+](C)(C)Cc1ccc(Cl)cc1. The second-order valence-corrected chi connectivity index (χ2v) is 5.08. The van der Waals surface area contributed by atoms with Gasteiger partial charge in [0.05, 0.1) is 20.7 Å². The van der Waals surface area contributed by atoms with Crippen molar-refractivity contribution in [1.29, 1.82) is 0 Å². The summed E-state index contributed by atoms with van der Waals surface area (Å²) < 4.78 is 6.32. The predicted octanol–water partition coefficient (Wildman–Crippen LogP) is 2.95. The Morgan fingerprint density at radius 3 is 2.38 bits per heavy atom. The fourth-order valence-electron chi connectivity index (χ4n) is 1.62. The van der Waals surface area contributed by atoms with E-state index >= 15 is 0 Å². The molecule has 1 aromatic carbocycles. The maximum Gasteiger partial charge on any atom is 0.104 e. The minimum atomic E-state index is 0.793. The van der Waals surface area contributed by atoms with Crippen molar-refractivity contribution in [2.75, 3.05) is 33.9 Å². The zero-order valence-electron chi connectivity index (χ0n) is 10.4. The molecule has 0 aliphatic heterocycles. The molecule has 0 spiro atoms. The number of hydrogen-bond donors (Lipinski definition) is 0. The average Bonchev–Trinajstić information content (AvgIpc) is 2.21. The normalized spacial score (nSPS) is 11.8. The summed E-state index contributed by atoms with van der Waals surface area (Å²) in [7, 11) is 4.43. The summed E-state index contributed by atoms with van der Waals surface area (Å²) in [6.07, 6.45) is 0. The van der Waals surface area contributed by atoms with E-state index in [0.717, 1.165) is 35.8 Å². The summed E-state index contributed by atoms with van der Waals surface area (Å²) in [4.78, 5) is 0. The van der Waals surface area contributed by atoms with Crippen LogP contribution in [0.25, 0.3) is 0 Å². The highest BCUT2D eigenvalue weighted by atomic mass is 35.5. The zero-order chi connectivity index (χ0) is 12.0. The van der Waals surface area contributed by atoms with Gasteiger partial charge in [-0.15, -0.1) is 0 Å². The molecule has 0 aliphatic carbocycles. The predicted molar refractivity (Wildman–Crippen MR) is 68.6 cm³/mol. The number of likely N-dealkylation sites (N-methyl/N-ethyl adjacent to an activating group) is 1. The van der Waals surface area contributed by atoms with Gasteiger partial charge in [0.25, 0.3) is 0 Å². The zero-order valence-corrected chi connectivity index (χ0v) is 11.1. The third-order valence-corrected chi connectivity index (χ3v) is 2.82. The molecular weight excluding hydrogens is 222 g/mol. The van der Waals surface area contributed by atoms with Crippen LogP contribution in [0.1, 0.15) is 12.5 Å². The maximum atomic E-state index is 5.86. The fourth-order valence-corrected chi connectivity index (χ4v) is 1.75. The van der Waals surface area contributed by atoms with Gasteiger partial charge in [-0.25, -0.2) is 0 Å². The largest absolute Gasteiger partial charge is 0.376 e. The van der Waals surface area contributed by atoms with E-state index in [-0.39, 0.29) is 0 Å². The minimum Gasteiger partial charge on any atom is -0.376 e. The number of benzene rings is 1. The van der Waals surface area contributed by atoms with Crippen LogP contribution in [-0.4, -0.2) is 38.3 Å². The Labute approximate surface area is 103 Å². The third-order valence-electron chi connectivity index (χ3n) is 2.57. The van der Waals surface area contributed by atoms with Crippen LogP contribution in [0.5, 0.6) is 0 Å². The molecule has 0 amide bonds. The van der Waals surface area contributed by atoms with Gasteiger partial charge in [0.1, 0.15) is 13.1 Å². The van der Waals surface area contributed by atoms with Gasteiger partial charge in [0.2, 0.25) is 0 Å². The lowest BCUT2D eigenvalue weighted by atomic mass is 10.2. The highest BCUT2D eigenvalue weighted by Crippen LogP contribution is 2.13. The van der Waals surface area contributed by atoms with Gasteiger partial charge in [-0.2, -0.15) is 0 Å². The van der Waals surface area contributed by atoms with Crippen molar-refractivity contribution in [1.82, 2.24) is 0 Å². The van der Waals surface area contributed by atoms with Crippen molar-refractivity contribution < 1.29 is 9.22 Å². The molecule has 3 heteroatoms. The minimum absolute atomic E-state index is 0.793. The van der Waals surface area contributed by atoms with Crippen molar-refractivity contribution >= 4 is 11.6 Å². The number of ether oxygens (including phenoxy) is 1. The third kappa shape index (κ3) is 4.97. The summed E-state index contributed by atoms with van der Waals surface area (Å²) >= 11 is 5.86. The Bertz CT molecular complexity index is 308. The molecule has 0 N–H and O–H groups in total. The molecular formula is C13H21ClNO+. The molecule has 1 rings (SSSR count). The lowest BCUT2D eigenvalue weighted by Crippen LogP contribution is -2.41. The van der Waals surface area contributed by atoms with Crippen molar-refractivity contribution in [3.63, 3.8) is 0 Å². The maximum absolute atomic E-state index is 5.86. The first-order valence-electron chi connectivity index (χ1n) is 5.68. The Hall–Kier alpha value is -0.570. The van der Waals surface area contributed by atoms with Gasteiger partial charge in [0, 0.05) is 17.2 Å². The highest BCUT2D eigenvalue weighted by Gasteiger charge is 2.15. The summed E-state index contributed by atoms with van der Waals surface area (Å²) in [5, 5.41) is 0.795. The van der Waals surface area contributed by atoms with Crippen LogP contribution in [0.2, 0.25) is 5.02 Å². The number of rotatable bonds is 6. The quantitative estimate of drug-likeness (QED) is 0.551. The van der Waals surface area contributed by atoms with E-state index in [9.17, 15) is 0 Å². The standard InChI is InChI=1S/C13H21ClNO/c1-4-16-10-9-15(2,3)11-12-5-7-13(14)8-6-12/h5-8H,4,9-11H2,1-3H3/q+1. The van der Waals surface area contributed by atoms with Gasteiger partial charge in [0.15, 0.2) is 0 Å². The second-order valence-electron chi connectivity index (χ2n) is 4.64. The smallest absolute Gasteiger partial charge is 0.104 e. The summed E-state index contributed by atoms with van der Waals surface area (Å²) in [6.45, 7) is 5.66. The first kappa shape index (κ1) is 13.5. The molecule has 0 saturated carbocycles. The molecule has 0 saturated heterocycles. The van der Waals surface area contributed by atoms with Gasteiger partial charge in [-0.3, -0.25) is 0 Å². The van der Waals surface area contributed by atoms with Crippen LogP contribution in [0.15, 0.2) is 24.3 Å². The van der Waals surface area contributed by atoms with E-state index < -0.39 is 0 Å². The van der Waals surface area contributed by atoms with Crippen molar-refractivity contribution in [2.24, 2.45) is 0 Å². The first-order chi connectivity index (χ1) is 7.53. The average molecular weight is 243 g/mol. The van der Waals surface area contributed by atoms with Gasteiger partial charge in [-0.05, 0) is 19.1 Å². The van der Waals surface area contributed by atoms with Crippen LogP contribution in [-0.2, 0) is 11.3 Å². The lowest BCUT2D eigenvalue weighted by Gasteiger charge is -2.29. The molecule has 16 heavy (non-hydrogen) atoms. The monoisotopic (exact) mass is 242 g/mol. The number of quaternary nitrogens is 1. The van der Waals surface area contributed by atoms with E-state index in [0.29, 0.717) is 0 Å². The molecule has 0 bridgehead atoms. The lowest BCUT2D eigenvalue weighted by molar-refractivity contribution is -0.904. The highest BCUT2D eigenvalue weighted by molar-refractivity contribution is 6.30. The van der Waals surface area contributed by atoms with Crippen LogP contribution in [0.4, 0.5) is 0 Å². The fraction of sp³-hybridized carbons (Fsp3) is 0.538. The number of halogens is 1. The topological polar surface area (TPSA) is 9.23 Å². The molecule has 0 fully saturated rings. The van der Waals surface area contributed by atoms with E-state index in [1.807, 2.05) is 19.1 Å². The number of nitrogens with zero attached hydrogens (tertiary/aromatic N) is 1. The molecule has 0 aromatic heterocycles. The van der Waals surface area contributed by atoms with E-state index in [2.05, 4.69) is 26.2 Å². The Morgan fingerprint density at radius 1 is 1.19 bits per heavy atom. The van der Waals surface area contributed by atoms with E-state index in [1.165, 1.54) is 5.56 Å². The first-order valence-corrected chi connectivity index (χ1v) is 6.05. The van der Waals surface area contributed by atoms with E-state index in [1.54, 1.807) is 0 Å². The molecule has 1 aromatic rings. The summed E-state index contributed by atoms with van der Waals surface area (Å²) in [5.41, 5.74) is 1.31. The molecule has 90 valence electrons. The molecule has 0 heterocycles. The van der Waals surface area contributed by atoms with Gasteiger partial charge in [-0.1, -0.05) is 23.7 Å². The van der Waals surface area contributed by atoms with Crippen molar-refractivity contribution in [3.8, 4) is 0 Å². The second kappa shape index (κ2) is 6.24. The number of hydrogen-bond acceptors (Lipinski definition) is 1. The van der Waals surface area contributed by atoms with Crippen LogP contribution in [0.3, 0.4) is 0 Å². The molecule has 0 atom stereocenters. The Morgan fingerprint density at radius 2 is 1.81 bits per heavy atom. The van der Waals surface area contributed by atoms with Crippen LogP contribution in [0, 0.1) is 0 Å². The summed E-state index contributed by atoms with van der Waals surface area (Å²) in [5.74, 6) is 0. The molecule has 0 aliphatic rings. The van der Waals surface area contributed by atoms with Gasteiger partial charge < -0.3 is 9.22 Å². The van der Waals surface area contributed by atoms with E-state index in [4.69, 9.17) is 16.3 Å².